The van der Waals surface area contributed by atoms with E-state index in [9.17, 15) is 14.4 Å². The molecule has 21 heavy (non-hydrogen) atoms. The largest absolute Gasteiger partial charge is 0.478 e. The molecule has 0 aliphatic carbocycles. The first-order valence-electron chi connectivity index (χ1n) is 6.37. The standard InChI is InChI=1S/C15H17NO5/c1-3-9(2)4-7-13(17)16-10-5-6-11(14(18)19)12(8-10)15(20)21/h3,5-6,8H,4,7H2,1-2H3,(H,16,17)(H,18,19)(H,20,21)/b9-3+. The van der Waals surface area contributed by atoms with Crippen molar-refractivity contribution in [3.05, 3.63) is 41.0 Å². The van der Waals surface area contributed by atoms with Crippen LogP contribution in [0.15, 0.2) is 29.8 Å². The average Bonchev–Trinajstić information content (AvgIpc) is 2.44. The second-order valence-electron chi connectivity index (χ2n) is 4.55. The Hall–Kier alpha value is -2.63. The van der Waals surface area contributed by atoms with E-state index < -0.39 is 11.9 Å². The second-order valence-corrected chi connectivity index (χ2v) is 4.55. The topological polar surface area (TPSA) is 104 Å². The fourth-order valence-electron chi connectivity index (χ4n) is 1.66. The summed E-state index contributed by atoms with van der Waals surface area (Å²) in [6.07, 6.45) is 2.80. The highest BCUT2D eigenvalue weighted by Crippen LogP contribution is 2.17. The second kappa shape index (κ2) is 7.23. The van der Waals surface area contributed by atoms with Gasteiger partial charge in [-0.1, -0.05) is 11.6 Å². The molecular formula is C15H17NO5. The molecule has 0 unspecified atom stereocenters. The van der Waals surface area contributed by atoms with Gasteiger partial charge in [0.25, 0.3) is 0 Å². The van der Waals surface area contributed by atoms with E-state index >= 15 is 0 Å². The van der Waals surface area contributed by atoms with Crippen LogP contribution in [0.2, 0.25) is 0 Å². The van der Waals surface area contributed by atoms with E-state index in [1.807, 2.05) is 19.9 Å². The van der Waals surface area contributed by atoms with Crippen molar-refractivity contribution in [1.29, 1.82) is 0 Å². The van der Waals surface area contributed by atoms with Crippen LogP contribution in [0, 0.1) is 0 Å². The third-order valence-corrected chi connectivity index (χ3v) is 3.00. The van der Waals surface area contributed by atoms with Crippen LogP contribution >= 0.6 is 0 Å². The third kappa shape index (κ3) is 4.76. The van der Waals surface area contributed by atoms with Crippen molar-refractivity contribution in [3.8, 4) is 0 Å². The quantitative estimate of drug-likeness (QED) is 0.699. The van der Waals surface area contributed by atoms with Gasteiger partial charge in [0, 0.05) is 12.1 Å². The van der Waals surface area contributed by atoms with E-state index in [4.69, 9.17) is 10.2 Å². The highest BCUT2D eigenvalue weighted by atomic mass is 16.4. The molecule has 0 saturated carbocycles. The molecule has 0 spiro atoms. The van der Waals surface area contributed by atoms with Gasteiger partial charge in [-0.2, -0.15) is 0 Å². The Labute approximate surface area is 122 Å². The zero-order chi connectivity index (χ0) is 16.0. The molecule has 0 heterocycles. The number of allylic oxidation sites excluding steroid dienone is 2. The lowest BCUT2D eigenvalue weighted by Gasteiger charge is -2.08. The van der Waals surface area contributed by atoms with Gasteiger partial charge in [-0.25, -0.2) is 9.59 Å². The monoisotopic (exact) mass is 291 g/mol. The molecule has 6 heteroatoms. The molecule has 0 aliphatic heterocycles. The molecule has 0 atom stereocenters. The predicted octanol–water partition coefficient (Wildman–Crippen LogP) is 2.77. The molecule has 0 bridgehead atoms. The van der Waals surface area contributed by atoms with Crippen LogP contribution in [-0.4, -0.2) is 28.1 Å². The summed E-state index contributed by atoms with van der Waals surface area (Å²) in [6.45, 7) is 3.80. The number of amides is 1. The molecule has 1 rings (SSSR count). The Morgan fingerprint density at radius 2 is 1.71 bits per heavy atom. The maximum absolute atomic E-state index is 11.7. The van der Waals surface area contributed by atoms with Gasteiger partial charge in [0.15, 0.2) is 0 Å². The van der Waals surface area contributed by atoms with Gasteiger partial charge < -0.3 is 15.5 Å². The SMILES string of the molecule is C/C=C(\C)CCC(=O)Nc1ccc(C(=O)O)c(C(=O)O)c1. The van der Waals surface area contributed by atoms with Gasteiger partial charge in [0.1, 0.15) is 0 Å². The molecule has 0 saturated heterocycles. The molecule has 3 N–H and O–H groups in total. The fraction of sp³-hybridized carbons (Fsp3) is 0.267. The smallest absolute Gasteiger partial charge is 0.336 e. The number of nitrogens with one attached hydrogen (secondary N) is 1. The minimum atomic E-state index is -1.35. The van der Waals surface area contributed by atoms with Crippen LogP contribution < -0.4 is 5.32 Å². The Kier molecular flexibility index (Phi) is 5.66. The van der Waals surface area contributed by atoms with E-state index in [0.29, 0.717) is 6.42 Å². The van der Waals surface area contributed by atoms with Crippen molar-refractivity contribution in [2.24, 2.45) is 0 Å². The van der Waals surface area contributed by atoms with Crippen molar-refractivity contribution in [2.45, 2.75) is 26.7 Å². The first kappa shape index (κ1) is 16.4. The number of benzene rings is 1. The molecule has 0 fully saturated rings. The van der Waals surface area contributed by atoms with E-state index in [1.165, 1.54) is 12.1 Å². The lowest BCUT2D eigenvalue weighted by atomic mass is 10.1. The maximum Gasteiger partial charge on any atom is 0.336 e. The van der Waals surface area contributed by atoms with Crippen molar-refractivity contribution in [2.75, 3.05) is 5.32 Å². The Bertz CT molecular complexity index is 604. The fourth-order valence-corrected chi connectivity index (χ4v) is 1.66. The first-order chi connectivity index (χ1) is 9.85. The van der Waals surface area contributed by atoms with Gasteiger partial charge in [-0.3, -0.25) is 4.79 Å². The molecular weight excluding hydrogens is 274 g/mol. The molecule has 0 aromatic heterocycles. The van der Waals surface area contributed by atoms with Crippen LogP contribution in [0.5, 0.6) is 0 Å². The summed E-state index contributed by atoms with van der Waals surface area (Å²) in [4.78, 5) is 33.7. The number of carboxylic acid groups (broad SMARTS) is 2. The number of hydrogen-bond donors (Lipinski definition) is 3. The minimum Gasteiger partial charge on any atom is -0.478 e. The zero-order valence-electron chi connectivity index (χ0n) is 11.8. The van der Waals surface area contributed by atoms with Crippen LogP contribution in [0.4, 0.5) is 5.69 Å². The highest BCUT2D eigenvalue weighted by molar-refractivity contribution is 6.03. The van der Waals surface area contributed by atoms with Gasteiger partial charge in [0.2, 0.25) is 5.91 Å². The lowest BCUT2D eigenvalue weighted by Crippen LogP contribution is -2.13. The van der Waals surface area contributed by atoms with E-state index in [2.05, 4.69) is 5.32 Å². The number of rotatable bonds is 6. The molecule has 0 radical (unpaired) electrons. The van der Waals surface area contributed by atoms with Crippen LogP contribution in [0.3, 0.4) is 0 Å². The van der Waals surface area contributed by atoms with Crippen molar-refractivity contribution in [3.63, 3.8) is 0 Å². The predicted molar refractivity (Wildman–Crippen MR) is 77.7 cm³/mol. The number of aromatic carboxylic acids is 2. The molecule has 112 valence electrons. The van der Waals surface area contributed by atoms with E-state index in [0.717, 1.165) is 11.6 Å². The Balaban J connectivity index is 2.85. The number of hydrogen-bond acceptors (Lipinski definition) is 3. The number of carboxylic acids is 2. The van der Waals surface area contributed by atoms with Gasteiger partial charge in [0.05, 0.1) is 11.1 Å². The maximum atomic E-state index is 11.7. The lowest BCUT2D eigenvalue weighted by molar-refractivity contribution is -0.116. The summed E-state index contributed by atoms with van der Waals surface area (Å²) in [7, 11) is 0. The normalized spacial score (nSPS) is 11.0. The van der Waals surface area contributed by atoms with E-state index in [-0.39, 0.29) is 29.1 Å². The average molecular weight is 291 g/mol. The van der Waals surface area contributed by atoms with Gasteiger partial charge in [-0.05, 0) is 38.5 Å². The molecule has 6 nitrogen and oxygen atoms in total. The molecule has 1 amide bonds. The van der Waals surface area contributed by atoms with Gasteiger partial charge >= 0.3 is 11.9 Å². The summed E-state index contributed by atoms with van der Waals surface area (Å²) < 4.78 is 0. The first-order valence-corrected chi connectivity index (χ1v) is 6.37. The van der Waals surface area contributed by atoms with Crippen LogP contribution in [-0.2, 0) is 4.79 Å². The summed E-state index contributed by atoms with van der Waals surface area (Å²) in [5.74, 6) is -2.93. The summed E-state index contributed by atoms with van der Waals surface area (Å²) in [5, 5.41) is 20.5. The number of anilines is 1. The van der Waals surface area contributed by atoms with Crippen LogP contribution in [0.1, 0.15) is 47.4 Å². The van der Waals surface area contributed by atoms with Crippen LogP contribution in [0.25, 0.3) is 0 Å². The number of carbonyl (C=O) groups is 3. The van der Waals surface area contributed by atoms with Crippen molar-refractivity contribution in [1.82, 2.24) is 0 Å². The zero-order valence-corrected chi connectivity index (χ0v) is 11.8. The molecule has 1 aromatic carbocycles. The molecule has 1 aromatic rings. The minimum absolute atomic E-state index is 0.254. The van der Waals surface area contributed by atoms with Crippen molar-refractivity contribution >= 4 is 23.5 Å². The Morgan fingerprint density at radius 1 is 1.10 bits per heavy atom. The van der Waals surface area contributed by atoms with Gasteiger partial charge in [-0.15, -0.1) is 0 Å². The van der Waals surface area contributed by atoms with E-state index in [1.54, 1.807) is 0 Å². The summed E-state index contributed by atoms with van der Waals surface area (Å²) in [6, 6.07) is 3.68. The summed E-state index contributed by atoms with van der Waals surface area (Å²) in [5.41, 5.74) is 0.674. The highest BCUT2D eigenvalue weighted by Gasteiger charge is 2.16. The summed E-state index contributed by atoms with van der Waals surface area (Å²) >= 11 is 0. The molecule has 0 aliphatic rings. The number of carbonyl (C=O) groups excluding carboxylic acids is 1. The Morgan fingerprint density at radius 3 is 2.24 bits per heavy atom. The van der Waals surface area contributed by atoms with Crippen molar-refractivity contribution < 1.29 is 24.6 Å². The third-order valence-electron chi connectivity index (χ3n) is 3.00.